The highest BCUT2D eigenvalue weighted by molar-refractivity contribution is 6.60. The van der Waals surface area contributed by atoms with Crippen molar-refractivity contribution in [3.8, 4) is 0 Å². The highest BCUT2D eigenvalue weighted by Gasteiger charge is 2.39. The summed E-state index contributed by atoms with van der Waals surface area (Å²) >= 11 is 0. The first-order valence-corrected chi connectivity index (χ1v) is 14.6. The number of nitrogens with zero attached hydrogens (tertiary/aromatic N) is 3. The van der Waals surface area contributed by atoms with Crippen molar-refractivity contribution in [2.24, 2.45) is 5.11 Å². The monoisotopic (exact) mass is 538 g/mol. The molecule has 1 amide bonds. The largest absolute Gasteiger partial charge is 0.500 e. The molecule has 212 valence electrons. The number of carbonyl (C=O) groups excluding carboxylic acids is 1. The van der Waals surface area contributed by atoms with E-state index in [1.165, 1.54) is 0 Å². The van der Waals surface area contributed by atoms with Crippen LogP contribution in [0.3, 0.4) is 0 Å². The Morgan fingerprint density at radius 2 is 1.19 bits per heavy atom. The minimum atomic E-state index is -2.66. The molecule has 0 unspecified atom stereocenters. The summed E-state index contributed by atoms with van der Waals surface area (Å²) in [6.45, 7) is 12.6. The van der Waals surface area contributed by atoms with Crippen molar-refractivity contribution in [1.82, 2.24) is 5.32 Å². The molecule has 0 saturated heterocycles. The Morgan fingerprint density at radius 3 is 1.64 bits per heavy atom. The fourth-order valence-corrected chi connectivity index (χ4v) is 5.53. The average molecular weight is 539 g/mol. The molecule has 0 fully saturated rings. The Kier molecular flexibility index (Phi) is 25.7. The lowest BCUT2D eigenvalue weighted by atomic mass is 10.4. The first-order valence-electron chi connectivity index (χ1n) is 12.7. The van der Waals surface area contributed by atoms with Crippen molar-refractivity contribution in [2.45, 2.75) is 39.7 Å². The van der Waals surface area contributed by atoms with Gasteiger partial charge in [0.05, 0.1) is 66.1 Å². The summed E-state index contributed by atoms with van der Waals surface area (Å²) in [5.74, 6) is -0.0530. The van der Waals surface area contributed by atoms with E-state index in [-0.39, 0.29) is 5.91 Å². The molecule has 1 N–H and O–H groups in total. The maximum atomic E-state index is 12.0. The smallest absolute Gasteiger partial charge is 0.379 e. The van der Waals surface area contributed by atoms with Crippen molar-refractivity contribution in [1.29, 1.82) is 0 Å². The number of hydrogen-bond acceptors (Lipinski definition) is 10. The normalized spacial score (nSPS) is 11.4. The van der Waals surface area contributed by atoms with Crippen LogP contribution in [0.5, 0.6) is 0 Å². The molecule has 0 saturated carbocycles. The van der Waals surface area contributed by atoms with Gasteiger partial charge in [-0.2, -0.15) is 0 Å². The molecular weight excluding hydrogens is 492 g/mol. The summed E-state index contributed by atoms with van der Waals surface area (Å²) in [5, 5.41) is 6.26. The molecule has 0 spiro atoms. The molecule has 0 heterocycles. The van der Waals surface area contributed by atoms with Crippen LogP contribution in [0.15, 0.2) is 5.11 Å². The van der Waals surface area contributed by atoms with E-state index in [1.54, 1.807) is 0 Å². The number of amides is 1. The van der Waals surface area contributed by atoms with E-state index in [2.05, 4.69) is 15.3 Å². The van der Waals surface area contributed by atoms with Gasteiger partial charge in [-0.25, -0.2) is 0 Å². The van der Waals surface area contributed by atoms with Gasteiger partial charge in [0, 0.05) is 50.3 Å². The van der Waals surface area contributed by atoms with E-state index in [0.29, 0.717) is 111 Å². The number of ether oxygens (including phenoxy) is 5. The van der Waals surface area contributed by atoms with E-state index >= 15 is 0 Å². The quantitative estimate of drug-likeness (QED) is 0.0520. The molecule has 0 aliphatic heterocycles. The molecule has 0 aromatic rings. The number of carbonyl (C=O) groups is 1. The topological polar surface area (TPSA) is 152 Å². The Balaban J connectivity index is 3.48. The van der Waals surface area contributed by atoms with E-state index in [4.69, 9.17) is 42.5 Å². The summed E-state index contributed by atoms with van der Waals surface area (Å²) in [4.78, 5) is 14.6. The lowest BCUT2D eigenvalue weighted by molar-refractivity contribution is -0.122. The number of azide groups is 1. The summed E-state index contributed by atoms with van der Waals surface area (Å²) < 4.78 is 44.2. The summed E-state index contributed by atoms with van der Waals surface area (Å²) in [6.07, 6.45) is 1.03. The number of hydrogen-bond donors (Lipinski definition) is 1. The van der Waals surface area contributed by atoms with E-state index in [9.17, 15) is 4.79 Å². The maximum Gasteiger partial charge on any atom is 0.500 e. The van der Waals surface area contributed by atoms with Crippen molar-refractivity contribution < 1.29 is 41.8 Å². The molecule has 14 heteroatoms. The second-order valence-electron chi connectivity index (χ2n) is 7.20. The van der Waals surface area contributed by atoms with Gasteiger partial charge in [-0.15, -0.1) is 0 Å². The van der Waals surface area contributed by atoms with E-state index in [1.807, 2.05) is 20.8 Å². The highest BCUT2D eigenvalue weighted by atomic mass is 28.4. The first kappa shape index (κ1) is 34.7. The zero-order valence-corrected chi connectivity index (χ0v) is 23.2. The predicted molar refractivity (Wildman–Crippen MR) is 136 cm³/mol. The second-order valence-corrected chi connectivity index (χ2v) is 9.93. The molecule has 36 heavy (non-hydrogen) atoms. The molecule has 0 aromatic carbocycles. The van der Waals surface area contributed by atoms with Gasteiger partial charge in [-0.3, -0.25) is 4.79 Å². The molecule has 0 aliphatic rings. The second kappa shape index (κ2) is 26.7. The minimum Gasteiger partial charge on any atom is -0.379 e. The van der Waals surface area contributed by atoms with Crippen molar-refractivity contribution in [3.05, 3.63) is 10.4 Å². The van der Waals surface area contributed by atoms with Crippen LogP contribution in [-0.2, 0) is 41.8 Å². The van der Waals surface area contributed by atoms with Crippen LogP contribution in [0.4, 0.5) is 0 Å². The van der Waals surface area contributed by atoms with Crippen LogP contribution in [0.1, 0.15) is 33.6 Å². The van der Waals surface area contributed by atoms with Gasteiger partial charge in [0.2, 0.25) is 5.91 Å². The third-order valence-electron chi connectivity index (χ3n) is 4.44. The minimum absolute atomic E-state index is 0.0530. The third-order valence-corrected chi connectivity index (χ3v) is 7.59. The van der Waals surface area contributed by atoms with Gasteiger partial charge in [0.1, 0.15) is 0 Å². The van der Waals surface area contributed by atoms with Crippen LogP contribution in [-0.4, -0.2) is 114 Å². The average Bonchev–Trinajstić information content (AvgIpc) is 2.86. The lowest BCUT2D eigenvalue weighted by Gasteiger charge is -2.28. The predicted octanol–water partition coefficient (Wildman–Crippen LogP) is 2.32. The lowest BCUT2D eigenvalue weighted by Crippen LogP contribution is -2.46. The van der Waals surface area contributed by atoms with Crippen LogP contribution in [0.25, 0.3) is 10.4 Å². The maximum absolute atomic E-state index is 12.0. The SMILES string of the molecule is CCO[Si](CCCNC(=O)CCOCCOCCOCCOCCOCCN=[N+]=[N-])(OCC)OCC. The highest BCUT2D eigenvalue weighted by Crippen LogP contribution is 2.17. The number of rotatable bonds is 28. The Hall–Kier alpha value is -1.32. The van der Waals surface area contributed by atoms with Crippen molar-refractivity contribution >= 4 is 14.7 Å². The Labute approximate surface area is 216 Å². The molecule has 0 aliphatic carbocycles. The van der Waals surface area contributed by atoms with Crippen LogP contribution < -0.4 is 5.32 Å². The summed E-state index contributed by atoms with van der Waals surface area (Å²) in [7, 11) is -2.66. The first-order chi connectivity index (χ1) is 17.6. The summed E-state index contributed by atoms with van der Waals surface area (Å²) in [6, 6.07) is 0.670. The van der Waals surface area contributed by atoms with Crippen LogP contribution >= 0.6 is 0 Å². The zero-order valence-electron chi connectivity index (χ0n) is 22.2. The fourth-order valence-electron chi connectivity index (χ4n) is 2.92. The van der Waals surface area contributed by atoms with Crippen molar-refractivity contribution in [3.63, 3.8) is 0 Å². The van der Waals surface area contributed by atoms with E-state index < -0.39 is 8.80 Å². The van der Waals surface area contributed by atoms with Gasteiger partial charge in [-0.05, 0) is 32.7 Å². The number of nitrogens with one attached hydrogen (secondary N) is 1. The molecule has 0 rings (SSSR count). The van der Waals surface area contributed by atoms with Crippen LogP contribution in [0.2, 0.25) is 6.04 Å². The van der Waals surface area contributed by atoms with E-state index in [0.717, 1.165) is 6.42 Å². The fraction of sp³-hybridized carbons (Fsp3) is 0.955. The van der Waals surface area contributed by atoms with Gasteiger partial charge < -0.3 is 42.3 Å². The molecule has 13 nitrogen and oxygen atoms in total. The molecular formula is C22H46N4O9Si. The standard InChI is InChI=1S/C22H46N4O9Si/c1-4-33-36(34-5-2,35-6-3)21-7-9-24-22(27)8-11-28-13-15-30-17-19-32-20-18-31-16-14-29-12-10-25-26-23/h4-21H2,1-3H3,(H,24,27). The third kappa shape index (κ3) is 21.9. The van der Waals surface area contributed by atoms with Gasteiger partial charge >= 0.3 is 8.80 Å². The molecule has 0 bridgehead atoms. The van der Waals surface area contributed by atoms with Crippen molar-refractivity contribution in [2.75, 3.05) is 99.0 Å². The molecule has 0 atom stereocenters. The van der Waals surface area contributed by atoms with Gasteiger partial charge in [-0.1, -0.05) is 5.11 Å². The van der Waals surface area contributed by atoms with Gasteiger partial charge in [0.15, 0.2) is 0 Å². The Morgan fingerprint density at radius 1 is 0.750 bits per heavy atom. The molecule has 0 radical (unpaired) electrons. The van der Waals surface area contributed by atoms with Crippen LogP contribution in [0, 0.1) is 0 Å². The summed E-state index contributed by atoms with van der Waals surface area (Å²) in [5.41, 5.74) is 8.12. The zero-order chi connectivity index (χ0) is 26.6. The Bertz CT molecular complexity index is 541. The van der Waals surface area contributed by atoms with Gasteiger partial charge in [0.25, 0.3) is 0 Å². The molecule has 0 aromatic heterocycles.